The number of piperazine rings is 1. The van der Waals surface area contributed by atoms with Gasteiger partial charge in [-0.25, -0.2) is 0 Å². The molecule has 2 aromatic rings. The number of pyridine rings is 1. The fourth-order valence-corrected chi connectivity index (χ4v) is 2.85. The molecule has 1 aliphatic heterocycles. The van der Waals surface area contributed by atoms with E-state index in [0.29, 0.717) is 5.39 Å². The number of carbonyl (C=O) groups excluding carboxylic acids is 1. The van der Waals surface area contributed by atoms with E-state index < -0.39 is 0 Å². The minimum absolute atomic E-state index is 0. The van der Waals surface area contributed by atoms with Crippen LogP contribution in [0.4, 0.5) is 0 Å². The van der Waals surface area contributed by atoms with E-state index in [1.165, 1.54) is 6.07 Å². The summed E-state index contributed by atoms with van der Waals surface area (Å²) in [7, 11) is 0. The zero-order chi connectivity index (χ0) is 14.8. The first kappa shape index (κ1) is 16.5. The molecule has 6 heteroatoms. The standard InChI is InChI=1S/C16H19N3O2.ClH/c1-12-10-17-7-9-19(12)16(21)11-18-8-6-15(20)13-4-2-3-5-14(13)18;/h2-6,8,12,17H,7,9-11H2,1H3;1H/t12-;/m0./s1. The number of rotatable bonds is 2. The molecule has 1 aliphatic rings. The minimum Gasteiger partial charge on any atom is -0.338 e. The number of aromatic nitrogens is 1. The van der Waals surface area contributed by atoms with Crippen LogP contribution in [-0.4, -0.2) is 41.1 Å². The first-order valence-electron chi connectivity index (χ1n) is 7.25. The number of amides is 1. The van der Waals surface area contributed by atoms with E-state index >= 15 is 0 Å². The lowest BCUT2D eigenvalue weighted by Crippen LogP contribution is -2.53. The lowest BCUT2D eigenvalue weighted by Gasteiger charge is -2.34. The van der Waals surface area contributed by atoms with E-state index in [4.69, 9.17) is 0 Å². The number of para-hydroxylation sites is 1. The summed E-state index contributed by atoms with van der Waals surface area (Å²) in [4.78, 5) is 26.3. The minimum atomic E-state index is -0.00941. The molecule has 0 saturated carbocycles. The zero-order valence-electron chi connectivity index (χ0n) is 12.5. The molecule has 1 saturated heterocycles. The molecule has 1 N–H and O–H groups in total. The predicted octanol–water partition coefficient (Wildman–Crippen LogP) is 1.24. The van der Waals surface area contributed by atoms with Gasteiger partial charge in [0.2, 0.25) is 5.91 Å². The first-order valence-corrected chi connectivity index (χ1v) is 7.25. The summed E-state index contributed by atoms with van der Waals surface area (Å²) < 4.78 is 1.85. The molecular weight excluding hydrogens is 302 g/mol. The summed E-state index contributed by atoms with van der Waals surface area (Å²) >= 11 is 0. The van der Waals surface area contributed by atoms with Gasteiger partial charge in [-0.15, -0.1) is 12.4 Å². The Labute approximate surface area is 135 Å². The van der Waals surface area contributed by atoms with Crippen molar-refractivity contribution in [2.75, 3.05) is 19.6 Å². The lowest BCUT2D eigenvalue weighted by atomic mass is 10.2. The van der Waals surface area contributed by atoms with Crippen LogP contribution in [0.3, 0.4) is 0 Å². The monoisotopic (exact) mass is 321 g/mol. The smallest absolute Gasteiger partial charge is 0.242 e. The summed E-state index contributed by atoms with van der Waals surface area (Å²) in [5.74, 6) is 0.0952. The van der Waals surface area contributed by atoms with Gasteiger partial charge in [0.1, 0.15) is 6.54 Å². The van der Waals surface area contributed by atoms with Crippen molar-refractivity contribution in [3.63, 3.8) is 0 Å². The van der Waals surface area contributed by atoms with Gasteiger partial charge in [0.05, 0.1) is 5.52 Å². The van der Waals surface area contributed by atoms with Crippen LogP contribution in [0.5, 0.6) is 0 Å². The van der Waals surface area contributed by atoms with Crippen molar-refractivity contribution >= 4 is 29.2 Å². The van der Waals surface area contributed by atoms with Crippen LogP contribution < -0.4 is 10.7 Å². The molecule has 0 unspecified atom stereocenters. The van der Waals surface area contributed by atoms with Gasteiger partial charge in [0.15, 0.2) is 5.43 Å². The van der Waals surface area contributed by atoms with Crippen LogP contribution in [0.2, 0.25) is 0 Å². The Balaban J connectivity index is 0.00000176. The highest BCUT2D eigenvalue weighted by molar-refractivity contribution is 5.85. The second-order valence-electron chi connectivity index (χ2n) is 5.47. The van der Waals surface area contributed by atoms with Gasteiger partial charge in [0.25, 0.3) is 0 Å². The maximum atomic E-state index is 12.5. The normalized spacial score (nSPS) is 18.0. The highest BCUT2D eigenvalue weighted by Crippen LogP contribution is 2.11. The Bertz CT molecular complexity index is 729. The highest BCUT2D eigenvalue weighted by atomic mass is 35.5. The lowest BCUT2D eigenvalue weighted by molar-refractivity contribution is -0.134. The molecule has 2 heterocycles. The predicted molar refractivity (Wildman–Crippen MR) is 89.5 cm³/mol. The number of halogens is 1. The molecule has 22 heavy (non-hydrogen) atoms. The molecular formula is C16H20ClN3O2. The summed E-state index contributed by atoms with van der Waals surface area (Å²) in [6, 6.07) is 9.13. The van der Waals surface area contributed by atoms with Gasteiger partial charge in [0, 0.05) is 43.3 Å². The van der Waals surface area contributed by atoms with Crippen LogP contribution in [-0.2, 0) is 11.3 Å². The van der Waals surface area contributed by atoms with Gasteiger partial charge in [-0.1, -0.05) is 12.1 Å². The van der Waals surface area contributed by atoms with Crippen LogP contribution in [0.25, 0.3) is 10.9 Å². The van der Waals surface area contributed by atoms with Gasteiger partial charge >= 0.3 is 0 Å². The number of hydrogen-bond acceptors (Lipinski definition) is 3. The van der Waals surface area contributed by atoms with Gasteiger partial charge < -0.3 is 14.8 Å². The molecule has 1 fully saturated rings. The van der Waals surface area contributed by atoms with Gasteiger partial charge in [-0.2, -0.15) is 0 Å². The Morgan fingerprint density at radius 1 is 1.32 bits per heavy atom. The van der Waals surface area contributed by atoms with Crippen molar-refractivity contribution < 1.29 is 4.79 Å². The summed E-state index contributed by atoms with van der Waals surface area (Å²) in [5.41, 5.74) is 0.797. The van der Waals surface area contributed by atoms with E-state index in [1.54, 1.807) is 12.3 Å². The largest absolute Gasteiger partial charge is 0.338 e. The maximum Gasteiger partial charge on any atom is 0.242 e. The van der Waals surface area contributed by atoms with Crippen LogP contribution >= 0.6 is 12.4 Å². The van der Waals surface area contributed by atoms with Crippen LogP contribution in [0.1, 0.15) is 6.92 Å². The highest BCUT2D eigenvalue weighted by Gasteiger charge is 2.23. The Kier molecular flexibility index (Phi) is 5.21. The van der Waals surface area contributed by atoms with Crippen molar-refractivity contribution in [2.45, 2.75) is 19.5 Å². The summed E-state index contributed by atoms with van der Waals surface area (Å²) in [6.07, 6.45) is 1.70. The summed E-state index contributed by atoms with van der Waals surface area (Å²) in [5, 5.41) is 3.93. The Morgan fingerprint density at radius 2 is 2.09 bits per heavy atom. The molecule has 118 valence electrons. The Hall–Kier alpha value is -1.85. The number of hydrogen-bond donors (Lipinski definition) is 1. The number of nitrogens with zero attached hydrogens (tertiary/aromatic N) is 2. The third-order valence-corrected chi connectivity index (χ3v) is 4.01. The van der Waals surface area contributed by atoms with E-state index in [-0.39, 0.29) is 36.3 Å². The van der Waals surface area contributed by atoms with Crippen molar-refractivity contribution in [1.29, 1.82) is 0 Å². The topological polar surface area (TPSA) is 54.3 Å². The third kappa shape index (κ3) is 3.15. The van der Waals surface area contributed by atoms with Gasteiger partial charge in [-0.3, -0.25) is 9.59 Å². The molecule has 5 nitrogen and oxygen atoms in total. The molecule has 3 rings (SSSR count). The number of carbonyl (C=O) groups is 1. The van der Waals surface area contributed by atoms with Crippen molar-refractivity contribution in [1.82, 2.24) is 14.8 Å². The molecule has 1 aromatic heterocycles. The zero-order valence-corrected chi connectivity index (χ0v) is 13.3. The van der Waals surface area contributed by atoms with Crippen LogP contribution in [0.15, 0.2) is 41.3 Å². The number of fused-ring (bicyclic) bond motifs is 1. The van der Waals surface area contributed by atoms with Crippen molar-refractivity contribution in [3.8, 4) is 0 Å². The van der Waals surface area contributed by atoms with E-state index in [9.17, 15) is 9.59 Å². The van der Waals surface area contributed by atoms with E-state index in [0.717, 1.165) is 25.2 Å². The van der Waals surface area contributed by atoms with Crippen molar-refractivity contribution in [2.24, 2.45) is 0 Å². The Morgan fingerprint density at radius 3 is 2.86 bits per heavy atom. The van der Waals surface area contributed by atoms with E-state index in [2.05, 4.69) is 5.32 Å². The second kappa shape index (κ2) is 6.94. The second-order valence-corrected chi connectivity index (χ2v) is 5.47. The average Bonchev–Trinajstić information content (AvgIpc) is 2.51. The fourth-order valence-electron chi connectivity index (χ4n) is 2.85. The van der Waals surface area contributed by atoms with E-state index in [1.807, 2.05) is 34.6 Å². The average molecular weight is 322 g/mol. The third-order valence-electron chi connectivity index (χ3n) is 4.01. The molecule has 1 aromatic carbocycles. The fraction of sp³-hybridized carbons (Fsp3) is 0.375. The molecule has 1 atom stereocenters. The quantitative estimate of drug-likeness (QED) is 0.905. The SMILES string of the molecule is C[C@H]1CNCCN1C(=O)Cn1ccc(=O)c2ccccc21.Cl. The number of nitrogens with one attached hydrogen (secondary N) is 1. The van der Waals surface area contributed by atoms with Gasteiger partial charge in [-0.05, 0) is 19.1 Å². The molecule has 0 aliphatic carbocycles. The first-order chi connectivity index (χ1) is 10.2. The molecule has 0 spiro atoms. The molecule has 0 radical (unpaired) electrons. The summed E-state index contributed by atoms with van der Waals surface area (Å²) in [6.45, 7) is 4.72. The maximum absolute atomic E-state index is 12.5. The van der Waals surface area contributed by atoms with Crippen LogP contribution in [0, 0.1) is 0 Å². The van der Waals surface area contributed by atoms with Crippen molar-refractivity contribution in [3.05, 3.63) is 46.8 Å². The molecule has 0 bridgehead atoms. The molecule has 1 amide bonds. The number of benzene rings is 1.